The Kier molecular flexibility index (Phi) is 20.2. The minimum absolute atomic E-state index is 0.0279. The Hall–Kier alpha value is -5.08. The van der Waals surface area contributed by atoms with Crippen LogP contribution in [0.1, 0.15) is 77.0 Å². The van der Waals surface area contributed by atoms with E-state index in [1.165, 1.54) is 42.0 Å². The number of benzene rings is 3. The van der Waals surface area contributed by atoms with Crippen molar-refractivity contribution in [2.75, 3.05) is 46.4 Å². The van der Waals surface area contributed by atoms with Gasteiger partial charge in [0.1, 0.15) is 17.5 Å². The van der Waals surface area contributed by atoms with E-state index in [-0.39, 0.29) is 24.1 Å². The van der Waals surface area contributed by atoms with Crippen molar-refractivity contribution in [1.29, 1.82) is 0 Å². The van der Waals surface area contributed by atoms with Gasteiger partial charge in [-0.3, -0.25) is 24.7 Å². The summed E-state index contributed by atoms with van der Waals surface area (Å²) in [7, 11) is 2.07. The van der Waals surface area contributed by atoms with E-state index < -0.39 is 0 Å². The number of halogens is 3. The van der Waals surface area contributed by atoms with E-state index in [1.54, 1.807) is 41.1 Å². The molecule has 0 spiro atoms. The second kappa shape index (κ2) is 25.5. The average Bonchev–Trinajstić information content (AvgIpc) is 4.00. The highest BCUT2D eigenvalue weighted by Gasteiger charge is 2.15. The number of hydrogen-bond donors (Lipinski definition) is 3. The van der Waals surface area contributed by atoms with Gasteiger partial charge in [-0.25, -0.2) is 13.2 Å². The SMILES string of the molecule is CCCN(C)Cc1cnn(CCO)c1-c1ccc(F)cc1.CCCN(CC)Cc1cn[nH]c1-c1ccc(F)cc1.CCCN(CCC)Cc1cn[nH]c1-c1ccc(F)cc1. The van der Waals surface area contributed by atoms with Gasteiger partial charge in [0.2, 0.25) is 0 Å². The maximum Gasteiger partial charge on any atom is 0.123 e. The molecule has 324 valence electrons. The lowest BCUT2D eigenvalue weighted by atomic mass is 10.1. The fourth-order valence-corrected chi connectivity index (χ4v) is 7.14. The first-order valence-electron chi connectivity index (χ1n) is 21.2. The summed E-state index contributed by atoms with van der Waals surface area (Å²) in [6.45, 7) is 19.1. The second-order valence-electron chi connectivity index (χ2n) is 14.9. The summed E-state index contributed by atoms with van der Waals surface area (Å²) in [6.07, 6.45) is 10.1. The largest absolute Gasteiger partial charge is 0.394 e. The quantitative estimate of drug-likeness (QED) is 0.0704. The van der Waals surface area contributed by atoms with Crippen LogP contribution in [0.25, 0.3) is 33.8 Å². The summed E-state index contributed by atoms with van der Waals surface area (Å²) < 4.78 is 40.9. The predicted molar refractivity (Wildman–Crippen MR) is 236 cm³/mol. The molecule has 0 bridgehead atoms. The van der Waals surface area contributed by atoms with E-state index >= 15 is 0 Å². The van der Waals surface area contributed by atoms with Gasteiger partial charge in [0.05, 0.1) is 48.8 Å². The second-order valence-corrected chi connectivity index (χ2v) is 14.9. The van der Waals surface area contributed by atoms with Crippen molar-refractivity contribution < 1.29 is 18.3 Å². The molecule has 0 fully saturated rings. The van der Waals surface area contributed by atoms with Crippen LogP contribution in [-0.4, -0.2) is 96.4 Å². The molecule has 0 amide bonds. The number of nitrogens with one attached hydrogen (secondary N) is 2. The molecule has 13 heteroatoms. The van der Waals surface area contributed by atoms with Crippen molar-refractivity contribution in [2.45, 2.75) is 86.5 Å². The molecule has 3 N–H and O–H groups in total. The van der Waals surface area contributed by atoms with Crippen LogP contribution in [0.3, 0.4) is 0 Å². The van der Waals surface area contributed by atoms with E-state index in [2.05, 4.69) is 81.9 Å². The molecule has 0 atom stereocenters. The van der Waals surface area contributed by atoms with Gasteiger partial charge >= 0.3 is 0 Å². The average molecular weight is 828 g/mol. The van der Waals surface area contributed by atoms with Crippen LogP contribution in [0, 0.1) is 17.5 Å². The Bertz CT molecular complexity index is 2050. The van der Waals surface area contributed by atoms with Crippen molar-refractivity contribution in [2.24, 2.45) is 0 Å². The Morgan fingerprint density at radius 3 is 1.42 bits per heavy atom. The number of aromatic nitrogens is 6. The van der Waals surface area contributed by atoms with Crippen LogP contribution in [-0.2, 0) is 26.2 Å². The Morgan fingerprint density at radius 2 is 0.983 bits per heavy atom. The lowest BCUT2D eigenvalue weighted by Gasteiger charge is -2.20. The standard InChI is InChI=1S/C16H22FN3O.C16H22FN3.C15H20FN3/c1-3-8-19(2)12-14-11-18-20(9-10-21)16(14)13-4-6-15(17)7-5-13;1-3-9-20(10-4-2)12-14-11-18-19-16(14)13-5-7-15(17)8-6-13;1-3-9-19(4-2)11-13-10-17-18-15(13)12-5-7-14(16)8-6-12/h4-7,11,21H,3,8-10,12H2,1-2H3;5-8,11H,3-4,9-10,12H2,1-2H3,(H,18,19);5-8,10H,3-4,9,11H2,1-2H3,(H,17,18). The minimum Gasteiger partial charge on any atom is -0.394 e. The van der Waals surface area contributed by atoms with E-state index in [1.807, 2.05) is 18.6 Å². The van der Waals surface area contributed by atoms with Crippen molar-refractivity contribution in [1.82, 2.24) is 44.9 Å². The zero-order valence-electron chi connectivity index (χ0n) is 36.3. The van der Waals surface area contributed by atoms with Crippen molar-refractivity contribution in [3.63, 3.8) is 0 Å². The van der Waals surface area contributed by atoms with Gasteiger partial charge in [0.25, 0.3) is 0 Å². The molecule has 0 radical (unpaired) electrons. The van der Waals surface area contributed by atoms with Gasteiger partial charge in [0.15, 0.2) is 0 Å². The molecule has 60 heavy (non-hydrogen) atoms. The third-order valence-electron chi connectivity index (χ3n) is 9.95. The molecule has 0 aliphatic heterocycles. The summed E-state index contributed by atoms with van der Waals surface area (Å²) >= 11 is 0. The molecule has 6 aromatic rings. The molecule has 0 saturated heterocycles. The Morgan fingerprint density at radius 1 is 0.550 bits per heavy atom. The lowest BCUT2D eigenvalue weighted by Crippen LogP contribution is -2.24. The van der Waals surface area contributed by atoms with E-state index in [0.717, 1.165) is 123 Å². The fraction of sp³-hybridized carbons (Fsp3) is 0.426. The maximum absolute atomic E-state index is 13.1. The number of H-pyrrole nitrogens is 2. The number of hydrogen-bond acceptors (Lipinski definition) is 7. The van der Waals surface area contributed by atoms with Gasteiger partial charge in [-0.1, -0.05) is 34.6 Å². The monoisotopic (exact) mass is 828 g/mol. The predicted octanol–water partition coefficient (Wildman–Crippen LogP) is 9.81. The molecule has 0 unspecified atom stereocenters. The maximum atomic E-state index is 13.1. The van der Waals surface area contributed by atoms with Gasteiger partial charge in [-0.2, -0.15) is 15.3 Å². The van der Waals surface area contributed by atoms with Crippen molar-refractivity contribution in [3.05, 3.63) is 126 Å². The van der Waals surface area contributed by atoms with Crippen LogP contribution in [0.4, 0.5) is 13.2 Å². The van der Waals surface area contributed by atoms with E-state index in [0.29, 0.717) is 6.54 Å². The molecular weight excluding hydrogens is 764 g/mol. The van der Waals surface area contributed by atoms with Gasteiger partial charge in [-0.15, -0.1) is 0 Å². The normalized spacial score (nSPS) is 11.2. The highest BCUT2D eigenvalue weighted by atomic mass is 19.1. The molecule has 3 aromatic carbocycles. The fourth-order valence-electron chi connectivity index (χ4n) is 7.14. The van der Waals surface area contributed by atoms with Crippen molar-refractivity contribution in [3.8, 4) is 33.8 Å². The van der Waals surface area contributed by atoms with Crippen molar-refractivity contribution >= 4 is 0 Å². The lowest BCUT2D eigenvalue weighted by molar-refractivity contribution is 0.267. The topological polar surface area (TPSA) is 105 Å². The molecule has 3 aromatic heterocycles. The number of aliphatic hydroxyl groups excluding tert-OH is 1. The molecular formula is C47H64F3N9O. The summed E-state index contributed by atoms with van der Waals surface area (Å²) in [5.74, 6) is -0.684. The third kappa shape index (κ3) is 14.6. The molecule has 3 heterocycles. The highest BCUT2D eigenvalue weighted by Crippen LogP contribution is 2.26. The summed E-state index contributed by atoms with van der Waals surface area (Å²) in [5, 5.41) is 27.9. The summed E-state index contributed by atoms with van der Waals surface area (Å²) in [5.41, 5.74) is 9.20. The summed E-state index contributed by atoms with van der Waals surface area (Å²) in [4.78, 5) is 7.03. The zero-order valence-corrected chi connectivity index (χ0v) is 36.3. The van der Waals surface area contributed by atoms with Crippen LogP contribution < -0.4 is 0 Å². The minimum atomic E-state index is -0.253. The number of rotatable bonds is 20. The first-order valence-corrected chi connectivity index (χ1v) is 21.2. The highest BCUT2D eigenvalue weighted by molar-refractivity contribution is 5.64. The number of nitrogens with zero attached hydrogens (tertiary/aromatic N) is 7. The third-order valence-corrected chi connectivity index (χ3v) is 9.95. The Labute approximate surface area is 354 Å². The zero-order chi connectivity index (χ0) is 43.3. The van der Waals surface area contributed by atoms with Crippen LogP contribution >= 0.6 is 0 Å². The molecule has 0 aliphatic rings. The Balaban J connectivity index is 0.000000199. The van der Waals surface area contributed by atoms with Gasteiger partial charge in [-0.05, 0) is 138 Å². The van der Waals surface area contributed by atoms with Crippen LogP contribution in [0.2, 0.25) is 0 Å². The first-order chi connectivity index (χ1) is 29.1. The van der Waals surface area contributed by atoms with Crippen LogP contribution in [0.5, 0.6) is 0 Å². The summed E-state index contributed by atoms with van der Waals surface area (Å²) in [6, 6.07) is 19.5. The molecule has 0 saturated carbocycles. The first kappa shape index (κ1) is 47.6. The molecule has 10 nitrogen and oxygen atoms in total. The van der Waals surface area contributed by atoms with E-state index in [9.17, 15) is 18.3 Å². The van der Waals surface area contributed by atoms with Gasteiger partial charge in [0, 0.05) is 53.0 Å². The number of aromatic amines is 2. The van der Waals surface area contributed by atoms with Crippen LogP contribution in [0.15, 0.2) is 91.4 Å². The molecule has 6 rings (SSSR count). The number of aliphatic hydroxyl groups is 1. The smallest absolute Gasteiger partial charge is 0.123 e. The van der Waals surface area contributed by atoms with E-state index in [4.69, 9.17) is 0 Å². The van der Waals surface area contributed by atoms with Gasteiger partial charge < -0.3 is 10.0 Å². The molecule has 0 aliphatic carbocycles.